The molecule has 1 aliphatic heterocycles. The Balaban J connectivity index is 1.77. The van der Waals surface area contributed by atoms with Crippen molar-refractivity contribution in [1.29, 1.82) is 0 Å². The molecule has 0 bridgehead atoms. The Morgan fingerprint density at radius 1 is 1.33 bits per heavy atom. The molecule has 1 heterocycles. The van der Waals surface area contributed by atoms with Crippen molar-refractivity contribution in [2.45, 2.75) is 0 Å². The maximum absolute atomic E-state index is 12.0. The SMILES string of the molecule is C=CC(=O)NCC1CN(C(=O)c2ccccc2)C1. The maximum atomic E-state index is 12.0. The Morgan fingerprint density at radius 2 is 2.00 bits per heavy atom. The standard InChI is InChI=1S/C14H16N2O2/c1-2-13(17)15-8-11-9-16(10-11)14(18)12-6-4-3-5-7-12/h2-7,11H,1,8-10H2,(H,15,17). The molecule has 1 fully saturated rings. The molecule has 4 nitrogen and oxygen atoms in total. The van der Waals surface area contributed by atoms with Gasteiger partial charge in [0.25, 0.3) is 5.91 Å². The minimum Gasteiger partial charge on any atom is -0.352 e. The fourth-order valence-electron chi connectivity index (χ4n) is 1.95. The largest absolute Gasteiger partial charge is 0.352 e. The number of hydrogen-bond donors (Lipinski definition) is 1. The van der Waals surface area contributed by atoms with Crippen LogP contribution in [-0.4, -0.2) is 36.3 Å². The summed E-state index contributed by atoms with van der Waals surface area (Å²) in [4.78, 5) is 24.8. The van der Waals surface area contributed by atoms with Crippen LogP contribution >= 0.6 is 0 Å². The fourth-order valence-corrected chi connectivity index (χ4v) is 1.95. The molecule has 4 heteroatoms. The number of likely N-dealkylation sites (tertiary alicyclic amines) is 1. The van der Waals surface area contributed by atoms with Crippen molar-refractivity contribution in [1.82, 2.24) is 10.2 Å². The summed E-state index contributed by atoms with van der Waals surface area (Å²) in [5.41, 5.74) is 0.714. The highest BCUT2D eigenvalue weighted by atomic mass is 16.2. The average molecular weight is 244 g/mol. The minimum atomic E-state index is -0.164. The van der Waals surface area contributed by atoms with Crippen LogP contribution in [0.3, 0.4) is 0 Å². The van der Waals surface area contributed by atoms with Crippen LogP contribution in [-0.2, 0) is 4.79 Å². The molecule has 0 unspecified atom stereocenters. The van der Waals surface area contributed by atoms with Crippen LogP contribution in [0.4, 0.5) is 0 Å². The second kappa shape index (κ2) is 5.49. The number of amides is 2. The number of hydrogen-bond acceptors (Lipinski definition) is 2. The third-order valence-electron chi connectivity index (χ3n) is 3.02. The monoisotopic (exact) mass is 244 g/mol. The number of benzene rings is 1. The van der Waals surface area contributed by atoms with Gasteiger partial charge in [-0.2, -0.15) is 0 Å². The molecular weight excluding hydrogens is 228 g/mol. The topological polar surface area (TPSA) is 49.4 Å². The van der Waals surface area contributed by atoms with Gasteiger partial charge in [0.15, 0.2) is 0 Å². The molecule has 1 aromatic carbocycles. The van der Waals surface area contributed by atoms with Crippen LogP contribution in [0.5, 0.6) is 0 Å². The summed E-state index contributed by atoms with van der Waals surface area (Å²) in [5, 5.41) is 2.74. The van der Waals surface area contributed by atoms with Crippen LogP contribution in [0.1, 0.15) is 10.4 Å². The summed E-state index contributed by atoms with van der Waals surface area (Å²) in [7, 11) is 0. The van der Waals surface area contributed by atoms with Crippen molar-refractivity contribution < 1.29 is 9.59 Å². The molecule has 1 aliphatic rings. The van der Waals surface area contributed by atoms with Crippen LogP contribution in [0.25, 0.3) is 0 Å². The molecule has 1 aromatic rings. The van der Waals surface area contributed by atoms with E-state index in [-0.39, 0.29) is 11.8 Å². The van der Waals surface area contributed by atoms with E-state index in [1.165, 1.54) is 6.08 Å². The highest BCUT2D eigenvalue weighted by molar-refractivity contribution is 5.94. The van der Waals surface area contributed by atoms with Crippen LogP contribution in [0.2, 0.25) is 0 Å². The first-order valence-electron chi connectivity index (χ1n) is 5.95. The molecule has 1 saturated heterocycles. The molecule has 2 rings (SSSR count). The van der Waals surface area contributed by atoms with Gasteiger partial charge in [-0.1, -0.05) is 24.8 Å². The Hall–Kier alpha value is -2.10. The molecule has 2 amide bonds. The van der Waals surface area contributed by atoms with Gasteiger partial charge in [-0.25, -0.2) is 0 Å². The van der Waals surface area contributed by atoms with E-state index in [0.29, 0.717) is 31.1 Å². The number of carbonyl (C=O) groups excluding carboxylic acids is 2. The van der Waals surface area contributed by atoms with E-state index in [9.17, 15) is 9.59 Å². The van der Waals surface area contributed by atoms with Gasteiger partial charge in [-0.3, -0.25) is 9.59 Å². The Labute approximate surface area is 106 Å². The first-order valence-corrected chi connectivity index (χ1v) is 5.95. The van der Waals surface area contributed by atoms with Crippen LogP contribution in [0, 0.1) is 5.92 Å². The quantitative estimate of drug-likeness (QED) is 0.805. The molecule has 0 spiro atoms. The zero-order chi connectivity index (χ0) is 13.0. The van der Waals surface area contributed by atoms with Crippen molar-refractivity contribution >= 4 is 11.8 Å². The molecule has 0 radical (unpaired) electrons. The van der Waals surface area contributed by atoms with Crippen LogP contribution in [0.15, 0.2) is 43.0 Å². The summed E-state index contributed by atoms with van der Waals surface area (Å²) in [6, 6.07) is 9.23. The molecule has 0 saturated carbocycles. The van der Waals surface area contributed by atoms with E-state index in [2.05, 4.69) is 11.9 Å². The lowest BCUT2D eigenvalue weighted by molar-refractivity contribution is -0.116. The molecule has 94 valence electrons. The lowest BCUT2D eigenvalue weighted by Crippen LogP contribution is -2.53. The van der Waals surface area contributed by atoms with Crippen molar-refractivity contribution in [3.63, 3.8) is 0 Å². The number of carbonyl (C=O) groups is 2. The van der Waals surface area contributed by atoms with E-state index in [4.69, 9.17) is 0 Å². The highest BCUT2D eigenvalue weighted by Crippen LogP contribution is 2.17. The van der Waals surface area contributed by atoms with E-state index >= 15 is 0 Å². The van der Waals surface area contributed by atoms with Crippen LogP contribution < -0.4 is 5.32 Å². The normalized spacial score (nSPS) is 14.8. The van der Waals surface area contributed by atoms with E-state index in [0.717, 1.165) is 0 Å². The van der Waals surface area contributed by atoms with Crippen molar-refractivity contribution in [2.24, 2.45) is 5.92 Å². The number of nitrogens with zero attached hydrogens (tertiary/aromatic N) is 1. The molecule has 18 heavy (non-hydrogen) atoms. The zero-order valence-electron chi connectivity index (χ0n) is 10.1. The number of rotatable bonds is 4. The van der Waals surface area contributed by atoms with Crippen molar-refractivity contribution in [2.75, 3.05) is 19.6 Å². The smallest absolute Gasteiger partial charge is 0.253 e. The molecular formula is C14H16N2O2. The van der Waals surface area contributed by atoms with Gasteiger partial charge in [0.05, 0.1) is 0 Å². The van der Waals surface area contributed by atoms with Gasteiger partial charge < -0.3 is 10.2 Å². The van der Waals surface area contributed by atoms with E-state index in [1.54, 1.807) is 4.90 Å². The minimum absolute atomic E-state index is 0.0573. The Kier molecular flexibility index (Phi) is 3.77. The van der Waals surface area contributed by atoms with Gasteiger partial charge in [-0.15, -0.1) is 0 Å². The van der Waals surface area contributed by atoms with Gasteiger partial charge >= 0.3 is 0 Å². The second-order valence-electron chi connectivity index (χ2n) is 4.39. The molecule has 0 atom stereocenters. The zero-order valence-corrected chi connectivity index (χ0v) is 10.1. The van der Waals surface area contributed by atoms with Gasteiger partial charge in [0.2, 0.25) is 5.91 Å². The molecule has 0 aromatic heterocycles. The third kappa shape index (κ3) is 2.77. The second-order valence-corrected chi connectivity index (χ2v) is 4.39. The lowest BCUT2D eigenvalue weighted by Gasteiger charge is -2.39. The Morgan fingerprint density at radius 3 is 2.61 bits per heavy atom. The summed E-state index contributed by atoms with van der Waals surface area (Å²) >= 11 is 0. The van der Waals surface area contributed by atoms with Gasteiger partial charge in [0, 0.05) is 31.1 Å². The molecule has 1 N–H and O–H groups in total. The summed E-state index contributed by atoms with van der Waals surface area (Å²) < 4.78 is 0. The molecule has 0 aliphatic carbocycles. The fraction of sp³-hybridized carbons (Fsp3) is 0.286. The third-order valence-corrected chi connectivity index (χ3v) is 3.02. The summed E-state index contributed by atoms with van der Waals surface area (Å²) in [6.45, 7) is 5.39. The summed E-state index contributed by atoms with van der Waals surface area (Å²) in [6.07, 6.45) is 1.26. The number of nitrogens with one attached hydrogen (secondary N) is 1. The van der Waals surface area contributed by atoms with Gasteiger partial charge in [0.1, 0.15) is 0 Å². The average Bonchev–Trinajstić information content (AvgIpc) is 2.37. The highest BCUT2D eigenvalue weighted by Gasteiger charge is 2.30. The first-order chi connectivity index (χ1) is 8.70. The Bertz CT molecular complexity index is 450. The predicted octanol–water partition coefficient (Wildman–Crippen LogP) is 1.06. The first kappa shape index (κ1) is 12.4. The summed E-state index contributed by atoms with van der Waals surface area (Å²) in [5.74, 6) is 0.242. The van der Waals surface area contributed by atoms with Gasteiger partial charge in [-0.05, 0) is 18.2 Å². The van der Waals surface area contributed by atoms with Crippen molar-refractivity contribution in [3.05, 3.63) is 48.6 Å². The maximum Gasteiger partial charge on any atom is 0.253 e. The predicted molar refractivity (Wildman–Crippen MR) is 69.0 cm³/mol. The van der Waals surface area contributed by atoms with E-state index < -0.39 is 0 Å². The lowest BCUT2D eigenvalue weighted by atomic mass is 9.99. The van der Waals surface area contributed by atoms with E-state index in [1.807, 2.05) is 30.3 Å². The van der Waals surface area contributed by atoms with Crippen molar-refractivity contribution in [3.8, 4) is 0 Å².